The number of fused-ring (bicyclic) bond motifs is 4. The van der Waals surface area contributed by atoms with Gasteiger partial charge in [0.1, 0.15) is 5.65 Å². The van der Waals surface area contributed by atoms with E-state index in [-0.39, 0.29) is 49.0 Å². The molecule has 0 fully saturated rings. The van der Waals surface area contributed by atoms with Gasteiger partial charge in [-0.1, -0.05) is 55.8 Å². The average molecular weight is 652 g/mol. The first-order chi connectivity index (χ1) is 22.6. The molecular formula is C36H37N5O5S. The Morgan fingerprint density at radius 1 is 0.915 bits per heavy atom. The van der Waals surface area contributed by atoms with Crippen LogP contribution in [0.15, 0.2) is 85.1 Å². The second kappa shape index (κ2) is 13.1. The van der Waals surface area contributed by atoms with Gasteiger partial charge in [0.2, 0.25) is 10.0 Å². The van der Waals surface area contributed by atoms with Crippen molar-refractivity contribution in [2.24, 2.45) is 0 Å². The molecule has 3 amide bonds. The molecule has 3 heterocycles. The molecule has 3 aromatic carbocycles. The summed E-state index contributed by atoms with van der Waals surface area (Å²) in [6.07, 6.45) is 4.52. The van der Waals surface area contributed by atoms with Crippen molar-refractivity contribution in [3.63, 3.8) is 0 Å². The van der Waals surface area contributed by atoms with Crippen LogP contribution in [0.5, 0.6) is 0 Å². The Hall–Kier alpha value is -4.87. The number of imide groups is 1. The smallest absolute Gasteiger partial charge is 0.261 e. The van der Waals surface area contributed by atoms with E-state index in [4.69, 9.17) is 0 Å². The number of rotatable bonds is 12. The number of aromatic nitrogens is 2. The van der Waals surface area contributed by atoms with E-state index in [9.17, 15) is 22.8 Å². The van der Waals surface area contributed by atoms with Gasteiger partial charge in [0.05, 0.1) is 22.9 Å². The minimum Gasteiger partial charge on any atom is -0.348 e. The highest BCUT2D eigenvalue weighted by Gasteiger charge is 2.38. The molecule has 0 bridgehead atoms. The first-order valence-electron chi connectivity index (χ1n) is 15.7. The van der Waals surface area contributed by atoms with Gasteiger partial charge in [-0.05, 0) is 60.9 Å². The van der Waals surface area contributed by atoms with Crippen LogP contribution in [0.1, 0.15) is 68.9 Å². The fourth-order valence-electron chi connectivity index (χ4n) is 6.27. The zero-order valence-electron chi connectivity index (χ0n) is 26.6. The zero-order valence-corrected chi connectivity index (χ0v) is 27.5. The number of carbonyl (C=O) groups is 3. The highest BCUT2D eigenvalue weighted by molar-refractivity contribution is 7.88. The van der Waals surface area contributed by atoms with Crippen molar-refractivity contribution in [2.75, 3.05) is 12.8 Å². The Balaban J connectivity index is 1.10. The standard InChI is InChI=1S/C36H37N5O5S/c1-4-8-24(2)41-35(43)30-17-16-27(21-31(30)36(41)44)34(42)38-22-25-12-14-26(15-13-25)23-39(47(3,45)46)19-20-40-32-11-6-5-9-28(32)29-10-7-18-37-33(29)40/h5-7,9-18,21,24H,4,8,19-20,22-23H2,1-3H3,(H,38,42). The topological polar surface area (TPSA) is 122 Å². The van der Waals surface area contributed by atoms with Gasteiger partial charge < -0.3 is 9.88 Å². The second-order valence-corrected chi connectivity index (χ2v) is 14.0. The molecular weight excluding hydrogens is 614 g/mol. The largest absolute Gasteiger partial charge is 0.348 e. The predicted octanol–water partition coefficient (Wildman–Crippen LogP) is 5.37. The van der Waals surface area contributed by atoms with E-state index in [2.05, 4.69) is 14.9 Å². The lowest BCUT2D eigenvalue weighted by atomic mass is 10.1. The van der Waals surface area contributed by atoms with Gasteiger partial charge in [0, 0.05) is 54.8 Å². The van der Waals surface area contributed by atoms with Gasteiger partial charge >= 0.3 is 0 Å². The Labute approximate surface area is 274 Å². The number of hydrogen-bond acceptors (Lipinski definition) is 6. The number of pyridine rings is 1. The molecule has 11 heteroatoms. The summed E-state index contributed by atoms with van der Waals surface area (Å²) in [5.41, 5.74) is 4.33. The summed E-state index contributed by atoms with van der Waals surface area (Å²) < 4.78 is 29.1. The molecule has 1 atom stereocenters. The van der Waals surface area contributed by atoms with Crippen LogP contribution in [0.3, 0.4) is 0 Å². The third-order valence-electron chi connectivity index (χ3n) is 8.73. The summed E-state index contributed by atoms with van der Waals surface area (Å²) >= 11 is 0. The molecule has 1 aliphatic heterocycles. The number of hydrogen-bond donors (Lipinski definition) is 1. The van der Waals surface area contributed by atoms with Crippen LogP contribution >= 0.6 is 0 Å². The molecule has 47 heavy (non-hydrogen) atoms. The average Bonchev–Trinajstić information content (AvgIpc) is 3.52. The number of para-hydroxylation sites is 1. The van der Waals surface area contributed by atoms with Crippen LogP contribution in [-0.2, 0) is 29.7 Å². The van der Waals surface area contributed by atoms with E-state index in [1.165, 1.54) is 21.5 Å². The maximum Gasteiger partial charge on any atom is 0.261 e. The number of benzene rings is 3. The maximum atomic E-state index is 13.0. The van der Waals surface area contributed by atoms with E-state index in [0.29, 0.717) is 24.1 Å². The lowest BCUT2D eigenvalue weighted by Crippen LogP contribution is -2.37. The summed E-state index contributed by atoms with van der Waals surface area (Å²) in [6.45, 7) is 5.00. The van der Waals surface area contributed by atoms with E-state index >= 15 is 0 Å². The third-order valence-corrected chi connectivity index (χ3v) is 9.98. The minimum atomic E-state index is -3.51. The molecule has 0 spiro atoms. The van der Waals surface area contributed by atoms with Crippen LogP contribution < -0.4 is 5.32 Å². The SMILES string of the molecule is CCCC(C)N1C(=O)c2ccc(C(=O)NCc3ccc(CN(CCn4c5ccccc5c5cccnc54)S(C)(=O)=O)cc3)cc2C1=O. The van der Waals surface area contributed by atoms with Crippen LogP contribution in [0.4, 0.5) is 0 Å². The van der Waals surface area contributed by atoms with E-state index < -0.39 is 10.0 Å². The minimum absolute atomic E-state index is 0.200. The molecule has 0 aliphatic carbocycles. The molecule has 0 radical (unpaired) electrons. The maximum absolute atomic E-state index is 13.0. The van der Waals surface area contributed by atoms with Gasteiger partial charge in [0.15, 0.2) is 0 Å². The molecule has 2 aromatic heterocycles. The van der Waals surface area contributed by atoms with Gasteiger partial charge in [-0.3, -0.25) is 19.3 Å². The number of amides is 3. The predicted molar refractivity (Wildman–Crippen MR) is 181 cm³/mol. The normalized spacial score (nSPS) is 13.9. The van der Waals surface area contributed by atoms with Crippen molar-refractivity contribution < 1.29 is 22.8 Å². The van der Waals surface area contributed by atoms with Crippen molar-refractivity contribution in [1.29, 1.82) is 0 Å². The number of nitrogens with zero attached hydrogens (tertiary/aromatic N) is 4. The van der Waals surface area contributed by atoms with Crippen LogP contribution in [-0.4, -0.2) is 63.7 Å². The highest BCUT2D eigenvalue weighted by Crippen LogP contribution is 2.28. The van der Waals surface area contributed by atoms with Crippen molar-refractivity contribution in [2.45, 2.75) is 52.4 Å². The summed E-state index contributed by atoms with van der Waals surface area (Å²) in [6, 6.07) is 23.7. The number of sulfonamides is 1. The first kappa shape index (κ1) is 32.1. The fraction of sp³-hybridized carbons (Fsp3) is 0.278. The third kappa shape index (κ3) is 6.41. The summed E-state index contributed by atoms with van der Waals surface area (Å²) in [5.74, 6) is -1.05. The van der Waals surface area contributed by atoms with Crippen LogP contribution in [0.25, 0.3) is 21.9 Å². The number of nitrogens with one attached hydrogen (secondary N) is 1. The van der Waals surface area contributed by atoms with Crippen LogP contribution in [0, 0.1) is 0 Å². The van der Waals surface area contributed by atoms with E-state index in [1.807, 2.05) is 74.5 Å². The van der Waals surface area contributed by atoms with E-state index in [1.54, 1.807) is 18.3 Å². The number of carbonyl (C=O) groups excluding carboxylic acids is 3. The van der Waals surface area contributed by atoms with Gasteiger partial charge in [-0.25, -0.2) is 13.4 Å². The molecule has 0 saturated carbocycles. The van der Waals surface area contributed by atoms with Gasteiger partial charge in [-0.15, -0.1) is 0 Å². The Bertz CT molecular complexity index is 2050. The monoisotopic (exact) mass is 651 g/mol. The quantitative estimate of drug-likeness (QED) is 0.181. The Kier molecular flexibility index (Phi) is 8.94. The highest BCUT2D eigenvalue weighted by atomic mass is 32.2. The second-order valence-electron chi connectivity index (χ2n) is 12.0. The van der Waals surface area contributed by atoms with Crippen molar-refractivity contribution in [3.8, 4) is 0 Å². The zero-order chi connectivity index (χ0) is 33.3. The van der Waals surface area contributed by atoms with Gasteiger partial charge in [0.25, 0.3) is 17.7 Å². The first-order valence-corrected chi connectivity index (χ1v) is 17.6. The summed E-state index contributed by atoms with van der Waals surface area (Å²) in [4.78, 5) is 44.6. The molecule has 0 saturated heterocycles. The lowest BCUT2D eigenvalue weighted by Gasteiger charge is -2.21. The molecule has 1 unspecified atom stereocenters. The molecule has 5 aromatic rings. The van der Waals surface area contributed by atoms with Crippen molar-refractivity contribution in [1.82, 2.24) is 24.1 Å². The van der Waals surface area contributed by atoms with Gasteiger partial charge in [-0.2, -0.15) is 4.31 Å². The van der Waals surface area contributed by atoms with Crippen molar-refractivity contribution in [3.05, 3.63) is 113 Å². The van der Waals surface area contributed by atoms with Crippen LogP contribution in [0.2, 0.25) is 0 Å². The molecule has 6 rings (SSSR count). The fourth-order valence-corrected chi connectivity index (χ4v) is 7.07. The molecule has 10 nitrogen and oxygen atoms in total. The van der Waals surface area contributed by atoms with E-state index in [0.717, 1.165) is 39.5 Å². The lowest BCUT2D eigenvalue weighted by molar-refractivity contribution is 0.0589. The summed E-state index contributed by atoms with van der Waals surface area (Å²) in [7, 11) is -3.51. The Morgan fingerprint density at radius 2 is 1.62 bits per heavy atom. The Morgan fingerprint density at radius 3 is 2.36 bits per heavy atom. The van der Waals surface area contributed by atoms with Crippen molar-refractivity contribution >= 4 is 49.7 Å². The molecule has 1 aliphatic rings. The molecule has 242 valence electrons. The molecule has 1 N–H and O–H groups in total. The summed E-state index contributed by atoms with van der Waals surface area (Å²) in [5, 5.41) is 4.98.